The average Bonchev–Trinajstić information content (AvgIpc) is 3.11. The van der Waals surface area contributed by atoms with Gasteiger partial charge in [0.2, 0.25) is 5.91 Å². The van der Waals surface area contributed by atoms with Crippen molar-refractivity contribution in [1.29, 1.82) is 0 Å². The van der Waals surface area contributed by atoms with Crippen molar-refractivity contribution in [3.63, 3.8) is 0 Å². The minimum atomic E-state index is -0.577. The van der Waals surface area contributed by atoms with Gasteiger partial charge in [-0.25, -0.2) is 0 Å². The molecule has 0 unspecified atom stereocenters. The fourth-order valence-electron chi connectivity index (χ4n) is 3.53. The van der Waals surface area contributed by atoms with Crippen molar-refractivity contribution in [3.05, 3.63) is 75.2 Å². The third kappa shape index (κ3) is 4.48. The van der Waals surface area contributed by atoms with Gasteiger partial charge in [-0.3, -0.25) is 14.7 Å². The largest absolute Gasteiger partial charge is 0.497 e. The molecule has 0 saturated heterocycles. The number of carbonyl (C=O) groups is 1. The lowest BCUT2D eigenvalue weighted by Crippen LogP contribution is -2.21. The molecule has 4 N–H and O–H groups in total. The van der Waals surface area contributed by atoms with Gasteiger partial charge in [0, 0.05) is 41.6 Å². The van der Waals surface area contributed by atoms with Crippen molar-refractivity contribution in [3.8, 4) is 17.2 Å². The van der Waals surface area contributed by atoms with Gasteiger partial charge in [-0.1, -0.05) is 18.2 Å². The first-order valence-corrected chi connectivity index (χ1v) is 9.39. The second kappa shape index (κ2) is 9.21. The third-order valence-corrected chi connectivity index (χ3v) is 5.01. The van der Waals surface area contributed by atoms with Crippen molar-refractivity contribution in [2.45, 2.75) is 18.8 Å². The number of aromatic nitrogens is 2. The number of nitrogens with two attached hydrogens (primary N) is 1. The monoisotopic (exact) mass is 411 g/mol. The van der Waals surface area contributed by atoms with Crippen LogP contribution < -0.4 is 25.5 Å². The zero-order chi connectivity index (χ0) is 21.7. The number of benzene rings is 2. The van der Waals surface area contributed by atoms with Crippen LogP contribution in [0.5, 0.6) is 17.2 Å². The molecule has 8 nitrogen and oxygen atoms in total. The molecule has 0 saturated carbocycles. The van der Waals surface area contributed by atoms with Gasteiger partial charge in [-0.2, -0.15) is 0 Å². The molecule has 1 amide bonds. The molecule has 1 atom stereocenters. The molecule has 0 aliphatic carbocycles. The van der Waals surface area contributed by atoms with Crippen molar-refractivity contribution in [2.75, 3.05) is 21.3 Å². The summed E-state index contributed by atoms with van der Waals surface area (Å²) in [5.41, 5.74) is 8.01. The number of amides is 1. The van der Waals surface area contributed by atoms with Gasteiger partial charge < -0.3 is 25.0 Å². The van der Waals surface area contributed by atoms with Crippen molar-refractivity contribution < 1.29 is 19.0 Å². The molecule has 0 spiro atoms. The predicted molar refractivity (Wildman–Crippen MR) is 112 cm³/mol. The number of H-pyrrole nitrogens is 2. The molecule has 8 heteroatoms. The zero-order valence-electron chi connectivity index (χ0n) is 17.2. The molecule has 0 bridgehead atoms. The normalized spacial score (nSPS) is 11.7. The summed E-state index contributed by atoms with van der Waals surface area (Å²) in [7, 11) is 4.69. The first-order chi connectivity index (χ1) is 14.5. The summed E-state index contributed by atoms with van der Waals surface area (Å²) in [6.45, 7) is 0. The van der Waals surface area contributed by atoms with E-state index in [1.165, 1.54) is 7.11 Å². The van der Waals surface area contributed by atoms with E-state index in [0.29, 0.717) is 34.7 Å². The van der Waals surface area contributed by atoms with Crippen LogP contribution in [-0.4, -0.2) is 37.4 Å². The standard InChI is InChI=1S/C22H25N3O5/c1-28-14-6-4-13(5-7-14)10-18-21(22(27)25-24-18)17(12-20(23)26)16-9-8-15(29-2)11-19(16)30-3/h4-9,11,17H,10,12H2,1-3H3,(H2,23,26)(H2,24,25,27)/t17-/m1/s1. The maximum atomic E-state index is 12.7. The fraction of sp³-hybridized carbons (Fsp3) is 0.273. The predicted octanol–water partition coefficient (Wildman–Crippen LogP) is 2.33. The molecule has 3 aromatic rings. The molecule has 2 aromatic carbocycles. The summed E-state index contributed by atoms with van der Waals surface area (Å²) in [5.74, 6) is 0.767. The molecule has 30 heavy (non-hydrogen) atoms. The number of nitrogens with one attached hydrogen (secondary N) is 2. The smallest absolute Gasteiger partial charge is 0.267 e. The highest BCUT2D eigenvalue weighted by Crippen LogP contribution is 2.36. The molecule has 0 radical (unpaired) electrons. The second-order valence-corrected chi connectivity index (χ2v) is 6.83. The van der Waals surface area contributed by atoms with Gasteiger partial charge in [0.25, 0.3) is 5.56 Å². The highest BCUT2D eigenvalue weighted by molar-refractivity contribution is 5.76. The Morgan fingerprint density at radius 3 is 2.23 bits per heavy atom. The fourth-order valence-corrected chi connectivity index (χ4v) is 3.53. The van der Waals surface area contributed by atoms with Crippen LogP contribution in [0.4, 0.5) is 0 Å². The van der Waals surface area contributed by atoms with Crippen molar-refractivity contribution >= 4 is 5.91 Å². The van der Waals surface area contributed by atoms with E-state index >= 15 is 0 Å². The van der Waals surface area contributed by atoms with E-state index in [0.717, 1.165) is 11.3 Å². The Hall–Kier alpha value is -3.68. The van der Waals surface area contributed by atoms with E-state index < -0.39 is 11.8 Å². The van der Waals surface area contributed by atoms with Crippen LogP contribution in [0.2, 0.25) is 0 Å². The Labute approximate surface area is 174 Å². The molecule has 1 heterocycles. The number of aromatic amines is 2. The van der Waals surface area contributed by atoms with Gasteiger partial charge in [-0.05, 0) is 23.8 Å². The highest BCUT2D eigenvalue weighted by atomic mass is 16.5. The number of hydrogen-bond donors (Lipinski definition) is 3. The molecule has 0 aliphatic heterocycles. The Balaban J connectivity index is 2.06. The molecular weight excluding hydrogens is 386 g/mol. The molecule has 1 aromatic heterocycles. The average molecular weight is 411 g/mol. The van der Waals surface area contributed by atoms with Crippen LogP contribution in [0.15, 0.2) is 47.3 Å². The van der Waals surface area contributed by atoms with Crippen LogP contribution in [0.1, 0.15) is 34.7 Å². The SMILES string of the molecule is COc1ccc(Cc2[nH][nH]c(=O)c2[C@H](CC(N)=O)c2ccc(OC)cc2OC)cc1. The summed E-state index contributed by atoms with van der Waals surface area (Å²) >= 11 is 0. The van der Waals surface area contributed by atoms with E-state index in [1.807, 2.05) is 24.3 Å². The molecule has 0 aliphatic rings. The maximum Gasteiger partial charge on any atom is 0.267 e. The topological polar surface area (TPSA) is 119 Å². The van der Waals surface area contributed by atoms with E-state index in [4.69, 9.17) is 19.9 Å². The Morgan fingerprint density at radius 1 is 0.967 bits per heavy atom. The maximum absolute atomic E-state index is 12.7. The van der Waals surface area contributed by atoms with Gasteiger partial charge in [-0.15, -0.1) is 0 Å². The number of hydrogen-bond acceptors (Lipinski definition) is 5. The van der Waals surface area contributed by atoms with Crippen molar-refractivity contribution in [2.24, 2.45) is 5.73 Å². The van der Waals surface area contributed by atoms with Crippen LogP contribution in [0, 0.1) is 0 Å². The van der Waals surface area contributed by atoms with Crippen LogP contribution >= 0.6 is 0 Å². The summed E-state index contributed by atoms with van der Waals surface area (Å²) in [6.07, 6.45) is 0.422. The quantitative estimate of drug-likeness (QED) is 0.499. The number of rotatable bonds is 9. The van der Waals surface area contributed by atoms with Gasteiger partial charge in [0.1, 0.15) is 17.2 Å². The van der Waals surface area contributed by atoms with Gasteiger partial charge in [0.15, 0.2) is 0 Å². The number of ether oxygens (including phenoxy) is 3. The van der Waals surface area contributed by atoms with E-state index in [-0.39, 0.29) is 12.0 Å². The first kappa shape index (κ1) is 21.0. The van der Waals surface area contributed by atoms with E-state index in [1.54, 1.807) is 32.4 Å². The number of primary amides is 1. The van der Waals surface area contributed by atoms with Crippen LogP contribution in [0.3, 0.4) is 0 Å². The Bertz CT molecular complexity index is 1070. The molecule has 0 fully saturated rings. The highest BCUT2D eigenvalue weighted by Gasteiger charge is 2.27. The minimum Gasteiger partial charge on any atom is -0.497 e. The lowest BCUT2D eigenvalue weighted by molar-refractivity contribution is -0.118. The van der Waals surface area contributed by atoms with Gasteiger partial charge >= 0.3 is 0 Å². The Morgan fingerprint density at radius 2 is 1.63 bits per heavy atom. The molecule has 158 valence electrons. The Kier molecular flexibility index (Phi) is 6.46. The van der Waals surface area contributed by atoms with Crippen LogP contribution in [0.25, 0.3) is 0 Å². The number of carbonyl (C=O) groups excluding carboxylic acids is 1. The zero-order valence-corrected chi connectivity index (χ0v) is 17.2. The third-order valence-electron chi connectivity index (χ3n) is 5.01. The lowest BCUT2D eigenvalue weighted by atomic mass is 9.86. The molecular formula is C22H25N3O5. The first-order valence-electron chi connectivity index (χ1n) is 9.39. The number of methoxy groups -OCH3 is 3. The van der Waals surface area contributed by atoms with Crippen molar-refractivity contribution in [1.82, 2.24) is 10.2 Å². The minimum absolute atomic E-state index is 0.0424. The van der Waals surface area contributed by atoms with Crippen LogP contribution in [-0.2, 0) is 11.2 Å². The van der Waals surface area contributed by atoms with E-state index in [2.05, 4.69) is 10.2 Å². The molecule has 3 rings (SSSR count). The van der Waals surface area contributed by atoms with E-state index in [9.17, 15) is 9.59 Å². The lowest BCUT2D eigenvalue weighted by Gasteiger charge is -2.19. The van der Waals surface area contributed by atoms with Gasteiger partial charge in [0.05, 0.1) is 21.3 Å². The summed E-state index contributed by atoms with van der Waals surface area (Å²) in [6, 6.07) is 12.8. The summed E-state index contributed by atoms with van der Waals surface area (Å²) < 4.78 is 15.9. The summed E-state index contributed by atoms with van der Waals surface area (Å²) in [4.78, 5) is 24.6. The summed E-state index contributed by atoms with van der Waals surface area (Å²) in [5, 5.41) is 5.59. The second-order valence-electron chi connectivity index (χ2n) is 6.83.